The first-order valence-electron chi connectivity index (χ1n) is 24.2. The average molecular weight is 972 g/mol. The van der Waals surface area contributed by atoms with E-state index >= 15 is 0 Å². The smallest absolute Gasteiger partial charge is 0.282 e. The van der Waals surface area contributed by atoms with E-state index in [9.17, 15) is 24.3 Å². The number of likely N-dealkylation sites (tertiary alicyclic amines) is 2. The van der Waals surface area contributed by atoms with Crippen LogP contribution in [0.1, 0.15) is 119 Å². The van der Waals surface area contributed by atoms with Gasteiger partial charge in [0.15, 0.2) is 11.6 Å². The predicted molar refractivity (Wildman–Crippen MR) is 267 cm³/mol. The number of halogens is 1. The van der Waals surface area contributed by atoms with Crippen LogP contribution >= 0.6 is 22.9 Å². The lowest BCUT2D eigenvalue weighted by atomic mass is 9.81. The number of carbonyl (C=O) groups is 3. The van der Waals surface area contributed by atoms with E-state index in [1.54, 1.807) is 17.4 Å². The molecule has 69 heavy (non-hydrogen) atoms. The Labute approximate surface area is 410 Å². The number of amides is 3. The molecule has 16 heteroatoms. The summed E-state index contributed by atoms with van der Waals surface area (Å²) < 4.78 is 7.98. The third-order valence-electron chi connectivity index (χ3n) is 15.2. The van der Waals surface area contributed by atoms with Gasteiger partial charge in [0.05, 0.1) is 55.3 Å². The number of fused-ring (bicyclic) bond motifs is 5. The lowest BCUT2D eigenvalue weighted by molar-refractivity contribution is -0.141. The lowest BCUT2D eigenvalue weighted by Gasteiger charge is -2.37. The number of thiazole rings is 1. The Morgan fingerprint density at radius 1 is 0.957 bits per heavy atom. The van der Waals surface area contributed by atoms with E-state index in [1.165, 1.54) is 10.5 Å². The highest BCUT2D eigenvalue weighted by molar-refractivity contribution is 7.13. The quantitative estimate of drug-likeness (QED) is 0.136. The molecular formula is C53H59ClN8O6S. The zero-order valence-electron chi connectivity index (χ0n) is 39.9. The fourth-order valence-corrected chi connectivity index (χ4v) is 12.3. The van der Waals surface area contributed by atoms with Gasteiger partial charge in [-0.15, -0.1) is 11.3 Å². The number of carbonyl (C=O) groups excluding carboxylic acids is 3. The Bertz CT molecular complexity index is 3000. The van der Waals surface area contributed by atoms with E-state index in [2.05, 4.69) is 62.0 Å². The Hall–Kier alpha value is -5.90. The van der Waals surface area contributed by atoms with Crippen molar-refractivity contribution in [2.75, 3.05) is 37.6 Å². The second-order valence-corrected chi connectivity index (χ2v) is 21.6. The van der Waals surface area contributed by atoms with Crippen LogP contribution < -0.4 is 15.8 Å². The number of hydrogen-bond donors (Lipinski definition) is 2. The Morgan fingerprint density at radius 2 is 1.70 bits per heavy atom. The molecule has 0 saturated carbocycles. The highest BCUT2D eigenvalue weighted by Crippen LogP contribution is 2.45. The molecule has 3 aromatic heterocycles. The molecule has 7 heterocycles. The van der Waals surface area contributed by atoms with Gasteiger partial charge in [-0.2, -0.15) is 4.98 Å². The molecule has 0 radical (unpaired) electrons. The predicted octanol–water partition coefficient (Wildman–Crippen LogP) is 8.30. The second kappa shape index (κ2) is 18.4. The monoisotopic (exact) mass is 970 g/mol. The first kappa shape index (κ1) is 46.8. The molecule has 3 aromatic carbocycles. The first-order chi connectivity index (χ1) is 33.1. The molecule has 1 unspecified atom stereocenters. The zero-order valence-corrected chi connectivity index (χ0v) is 41.5. The van der Waals surface area contributed by atoms with Gasteiger partial charge < -0.3 is 29.6 Å². The maximum absolute atomic E-state index is 14.4. The number of aromatic nitrogens is 4. The number of aliphatic hydroxyl groups excluding tert-OH is 1. The van der Waals surface area contributed by atoms with Crippen molar-refractivity contribution in [1.29, 1.82) is 0 Å². The maximum Gasteiger partial charge on any atom is 0.282 e. The van der Waals surface area contributed by atoms with Crippen molar-refractivity contribution < 1.29 is 24.0 Å². The molecule has 360 valence electrons. The molecule has 14 nitrogen and oxygen atoms in total. The SMILES string of the molecule is Cc1ncsc1-c1ccc([C@H](C)NC(=O)[C@@H]2C[C@@H](O)CN2C(=O)C(c2cc(N3CCC(C(=O)N4CCC(c5ccc6c(c5)C(C)(C)c5nc(=O)c7c(Cl)cccc7n5-6)CC4)CC3)no2)C(C)C)cc1. The third-order valence-corrected chi connectivity index (χ3v) is 16.5. The summed E-state index contributed by atoms with van der Waals surface area (Å²) in [5.74, 6) is 0.677. The van der Waals surface area contributed by atoms with Crippen LogP contribution in [-0.4, -0.2) is 97.2 Å². The molecule has 0 aliphatic carbocycles. The normalized spacial score (nSPS) is 20.3. The summed E-state index contributed by atoms with van der Waals surface area (Å²) in [4.78, 5) is 70.9. The number of piperidine rings is 2. The van der Waals surface area contributed by atoms with E-state index in [1.807, 2.05) is 80.6 Å². The van der Waals surface area contributed by atoms with Crippen LogP contribution in [0.5, 0.6) is 0 Å². The van der Waals surface area contributed by atoms with Gasteiger partial charge in [0.25, 0.3) is 5.56 Å². The van der Waals surface area contributed by atoms with Crippen molar-refractivity contribution in [2.45, 2.75) is 109 Å². The van der Waals surface area contributed by atoms with Gasteiger partial charge in [0.2, 0.25) is 17.7 Å². The number of anilines is 1. The largest absolute Gasteiger partial charge is 0.391 e. The molecule has 0 spiro atoms. The van der Waals surface area contributed by atoms with Crippen LogP contribution in [-0.2, 0) is 19.8 Å². The fraction of sp³-hybridized carbons (Fsp3) is 0.453. The van der Waals surface area contributed by atoms with Gasteiger partial charge in [0.1, 0.15) is 17.8 Å². The van der Waals surface area contributed by atoms with Crippen LogP contribution in [0.3, 0.4) is 0 Å². The molecule has 3 amide bonds. The molecular weight excluding hydrogens is 912 g/mol. The summed E-state index contributed by atoms with van der Waals surface area (Å²) in [5.41, 5.74) is 8.15. The molecule has 10 rings (SSSR count). The van der Waals surface area contributed by atoms with Crippen molar-refractivity contribution in [3.05, 3.63) is 122 Å². The summed E-state index contributed by atoms with van der Waals surface area (Å²) in [6.45, 7) is 14.7. The number of nitrogens with one attached hydrogen (secondary N) is 1. The van der Waals surface area contributed by atoms with Crippen LogP contribution in [0.15, 0.2) is 81.6 Å². The summed E-state index contributed by atoms with van der Waals surface area (Å²) in [6, 6.07) is 20.8. The molecule has 0 bridgehead atoms. The number of β-amino-alcohol motifs (C(OH)–C–C–N with tert-alkyl or cyclic N) is 1. The van der Waals surface area contributed by atoms with Gasteiger partial charge in [-0.05, 0) is 106 Å². The second-order valence-electron chi connectivity index (χ2n) is 20.3. The fourth-order valence-electron chi connectivity index (χ4n) is 11.3. The minimum absolute atomic E-state index is 0.0512. The van der Waals surface area contributed by atoms with Gasteiger partial charge in [-0.1, -0.05) is 73.1 Å². The van der Waals surface area contributed by atoms with Gasteiger partial charge in [-0.25, -0.2) is 4.98 Å². The molecule has 4 atom stereocenters. The lowest BCUT2D eigenvalue weighted by Crippen LogP contribution is -2.48. The van der Waals surface area contributed by atoms with Crippen LogP contribution in [0, 0.1) is 18.8 Å². The van der Waals surface area contributed by atoms with Crippen molar-refractivity contribution in [2.24, 2.45) is 11.8 Å². The highest BCUT2D eigenvalue weighted by Gasteiger charge is 2.44. The van der Waals surface area contributed by atoms with Crippen molar-refractivity contribution in [1.82, 2.24) is 34.8 Å². The summed E-state index contributed by atoms with van der Waals surface area (Å²) in [6.07, 6.45) is 2.41. The third kappa shape index (κ3) is 8.54. The van der Waals surface area contributed by atoms with Crippen LogP contribution in [0.2, 0.25) is 5.02 Å². The number of hydrogen-bond acceptors (Lipinski definition) is 11. The molecule has 3 saturated heterocycles. The Kier molecular flexibility index (Phi) is 12.5. The molecule has 4 aliphatic rings. The molecule has 3 fully saturated rings. The van der Waals surface area contributed by atoms with Crippen LogP contribution in [0.25, 0.3) is 27.0 Å². The molecule has 2 N–H and O–H groups in total. The highest BCUT2D eigenvalue weighted by atomic mass is 35.5. The van der Waals surface area contributed by atoms with Gasteiger partial charge in [0, 0.05) is 51.1 Å². The minimum Gasteiger partial charge on any atom is -0.391 e. The van der Waals surface area contributed by atoms with E-state index in [0.717, 1.165) is 51.3 Å². The topological polar surface area (TPSA) is 167 Å². The number of aliphatic hydroxyl groups is 1. The van der Waals surface area contributed by atoms with Gasteiger partial charge in [-0.3, -0.25) is 23.7 Å². The van der Waals surface area contributed by atoms with Crippen LogP contribution in [0.4, 0.5) is 5.82 Å². The van der Waals surface area contributed by atoms with E-state index in [0.29, 0.717) is 72.7 Å². The number of nitrogens with zero attached hydrogens (tertiary/aromatic N) is 7. The van der Waals surface area contributed by atoms with E-state index < -0.39 is 23.5 Å². The number of benzene rings is 3. The maximum atomic E-state index is 14.4. The van der Waals surface area contributed by atoms with Crippen molar-refractivity contribution in [3.63, 3.8) is 0 Å². The Morgan fingerprint density at radius 3 is 2.39 bits per heavy atom. The van der Waals surface area contributed by atoms with E-state index in [4.69, 9.17) is 16.1 Å². The summed E-state index contributed by atoms with van der Waals surface area (Å²) in [5, 5.41) is 19.1. The van der Waals surface area contributed by atoms with Gasteiger partial charge >= 0.3 is 0 Å². The number of aryl methyl sites for hydroxylation is 1. The number of rotatable bonds is 10. The van der Waals surface area contributed by atoms with Crippen molar-refractivity contribution >= 4 is 57.4 Å². The zero-order chi connectivity index (χ0) is 48.5. The minimum atomic E-state index is -0.834. The summed E-state index contributed by atoms with van der Waals surface area (Å²) >= 11 is 8.07. The standard InChI is InChI=1S/C53H59ClN8O6S/c1-29(2)45(51(67)61-27-37(63)25-42(61)48(64)56-30(3)32-10-12-34(13-11-32)47-31(4)55-28-69-47)43-26-44(58-68-43)59-20-18-35(19-21-59)50(66)60-22-16-33(17-23-60)36-14-15-40-38(24-36)53(5,6)52-57-49(65)46-39(54)8-7-9-41(46)62(40)52/h7-15,24,26,28-30,33,35,37,42,45,63H,16-23,25,27H2,1-6H3,(H,56,64)/t30-,37+,42-,45?/m0/s1. The Balaban J connectivity index is 0.739. The van der Waals surface area contributed by atoms with E-state index in [-0.39, 0.29) is 54.1 Å². The first-order valence-corrected chi connectivity index (χ1v) is 25.5. The average Bonchev–Trinajstić information content (AvgIpc) is 4.14. The summed E-state index contributed by atoms with van der Waals surface area (Å²) in [7, 11) is 0. The molecule has 4 aliphatic heterocycles. The van der Waals surface area contributed by atoms with Crippen molar-refractivity contribution in [3.8, 4) is 16.1 Å². The molecule has 6 aromatic rings.